The highest BCUT2D eigenvalue weighted by Gasteiger charge is 2.42. The van der Waals surface area contributed by atoms with Crippen molar-refractivity contribution in [2.75, 3.05) is 33.0 Å². The van der Waals surface area contributed by atoms with E-state index in [9.17, 15) is 14.7 Å². The molecule has 9 nitrogen and oxygen atoms in total. The molecule has 2 N–H and O–H groups in total. The van der Waals surface area contributed by atoms with Crippen molar-refractivity contribution in [3.05, 3.63) is 24.3 Å². The first-order valence-electron chi connectivity index (χ1n) is 12.9. The van der Waals surface area contributed by atoms with Crippen LogP contribution < -0.4 is 0 Å². The summed E-state index contributed by atoms with van der Waals surface area (Å²) in [5.74, 6) is -0.758. The van der Waals surface area contributed by atoms with Crippen molar-refractivity contribution in [3.8, 4) is 0 Å². The van der Waals surface area contributed by atoms with Gasteiger partial charge in [-0.15, -0.1) is 0 Å². The molecule has 1 atom stereocenters. The fraction of sp³-hybridized carbons (Fsp3) is 0.760. The van der Waals surface area contributed by atoms with E-state index in [1.54, 1.807) is 13.8 Å². The van der Waals surface area contributed by atoms with Crippen LogP contribution in [-0.4, -0.2) is 86.5 Å². The van der Waals surface area contributed by atoms with E-state index in [4.69, 9.17) is 27.5 Å². The lowest BCUT2D eigenvalue weighted by Crippen LogP contribution is -2.54. The van der Waals surface area contributed by atoms with Gasteiger partial charge in [-0.05, 0) is 84.0 Å². The van der Waals surface area contributed by atoms with E-state index in [2.05, 4.69) is 45.9 Å². The van der Waals surface area contributed by atoms with E-state index in [0.29, 0.717) is 50.2 Å². The summed E-state index contributed by atoms with van der Waals surface area (Å²) in [7, 11) is -6.90. The molecular formula is C25H50O9Si3. The third kappa shape index (κ3) is 17.9. The fourth-order valence-corrected chi connectivity index (χ4v) is 18.0. The zero-order valence-corrected chi connectivity index (χ0v) is 27.0. The Morgan fingerprint density at radius 1 is 0.757 bits per heavy atom. The summed E-state index contributed by atoms with van der Waals surface area (Å²) in [4.78, 5) is 23.3. The molecule has 0 aromatic carbocycles. The van der Waals surface area contributed by atoms with E-state index >= 15 is 0 Å². The lowest BCUT2D eigenvalue weighted by atomic mass is 10.4. The lowest BCUT2D eigenvalue weighted by Gasteiger charge is -2.41. The third-order valence-corrected chi connectivity index (χ3v) is 17.7. The Labute approximate surface area is 226 Å². The van der Waals surface area contributed by atoms with Gasteiger partial charge in [0, 0.05) is 17.8 Å². The van der Waals surface area contributed by atoms with E-state index < -0.39 is 31.3 Å². The van der Waals surface area contributed by atoms with Crippen molar-refractivity contribution in [1.82, 2.24) is 0 Å². The van der Waals surface area contributed by atoms with Gasteiger partial charge >= 0.3 is 20.5 Å². The van der Waals surface area contributed by atoms with Crippen LogP contribution in [0.5, 0.6) is 0 Å². The first kappa shape index (κ1) is 35.9. The molecule has 37 heavy (non-hydrogen) atoms. The van der Waals surface area contributed by atoms with Crippen molar-refractivity contribution in [2.24, 2.45) is 0 Å². The van der Waals surface area contributed by atoms with Crippen LogP contribution in [0.15, 0.2) is 24.3 Å². The fourth-order valence-electron chi connectivity index (χ4n) is 3.73. The summed E-state index contributed by atoms with van der Waals surface area (Å²) in [5.41, 5.74) is 0.771. The number of esters is 2. The average molecular weight is 579 g/mol. The minimum Gasteiger partial charge on any atom is -0.462 e. The molecular weight excluding hydrogens is 529 g/mol. The van der Waals surface area contributed by atoms with Crippen LogP contribution >= 0.6 is 0 Å². The number of rotatable bonds is 21. The molecule has 0 aliphatic carbocycles. The second-order valence-corrected chi connectivity index (χ2v) is 23.4. The minimum absolute atomic E-state index is 0.0861. The van der Waals surface area contributed by atoms with Crippen LogP contribution in [0.4, 0.5) is 0 Å². The Balaban J connectivity index is 5.10. The molecule has 0 aromatic rings. The van der Waals surface area contributed by atoms with Crippen LogP contribution in [0.2, 0.25) is 50.9 Å². The maximum Gasteiger partial charge on any atom is 0.333 e. The largest absolute Gasteiger partial charge is 0.462 e. The van der Waals surface area contributed by atoms with Gasteiger partial charge in [0.25, 0.3) is 0 Å². The number of aliphatic hydroxyl groups excluding tert-OH is 2. The van der Waals surface area contributed by atoms with Crippen LogP contribution in [-0.2, 0) is 32.0 Å². The van der Waals surface area contributed by atoms with Gasteiger partial charge in [0.05, 0.1) is 26.4 Å². The van der Waals surface area contributed by atoms with Gasteiger partial charge in [0.1, 0.15) is 6.10 Å². The highest BCUT2D eigenvalue weighted by atomic mass is 28.5. The molecule has 0 aliphatic heterocycles. The van der Waals surface area contributed by atoms with Gasteiger partial charge in [-0.25, -0.2) is 9.59 Å². The highest BCUT2D eigenvalue weighted by Crippen LogP contribution is 2.29. The predicted octanol–water partition coefficient (Wildman–Crippen LogP) is 4.28. The first-order valence-corrected chi connectivity index (χ1v) is 21.7. The summed E-state index contributed by atoms with van der Waals surface area (Å²) >= 11 is 0. The molecule has 0 saturated carbocycles. The molecule has 0 aromatic heterocycles. The van der Waals surface area contributed by atoms with Crippen LogP contribution in [0.25, 0.3) is 0 Å². The highest BCUT2D eigenvalue weighted by molar-refractivity contribution is 6.88. The monoisotopic (exact) mass is 578 g/mol. The van der Waals surface area contributed by atoms with Gasteiger partial charge in [-0.1, -0.05) is 13.2 Å². The molecule has 0 rings (SSSR count). The predicted molar refractivity (Wildman–Crippen MR) is 152 cm³/mol. The molecule has 0 saturated heterocycles. The standard InChI is InChI=1S/C25H50O9Si3/c1-21(2)24(28)31-14-11-16-35(5,6)33-37(9,18-10-13-30-20-23(27)19-26)34-36(7,8)17-12-15-32-25(29)22(3)4/h23,26-27H,1,3,10-20H2,2,4-9H3. The molecule has 0 spiro atoms. The molecule has 0 heterocycles. The van der Waals surface area contributed by atoms with Gasteiger partial charge in [-0.3, -0.25) is 0 Å². The van der Waals surface area contributed by atoms with Crippen molar-refractivity contribution < 1.29 is 42.2 Å². The lowest BCUT2D eigenvalue weighted by molar-refractivity contribution is -0.139. The van der Waals surface area contributed by atoms with Crippen molar-refractivity contribution in [3.63, 3.8) is 0 Å². The maximum atomic E-state index is 11.6. The smallest absolute Gasteiger partial charge is 0.333 e. The normalized spacial score (nSPS) is 13.2. The topological polar surface area (TPSA) is 121 Å². The van der Waals surface area contributed by atoms with Gasteiger partial charge in [0.15, 0.2) is 16.6 Å². The Bertz CT molecular complexity index is 693. The van der Waals surface area contributed by atoms with Gasteiger partial charge in [-0.2, -0.15) is 0 Å². The third-order valence-electron chi connectivity index (χ3n) is 5.43. The number of aliphatic hydroxyl groups is 2. The number of hydrogen-bond acceptors (Lipinski definition) is 9. The number of hydrogen-bond donors (Lipinski definition) is 2. The van der Waals surface area contributed by atoms with E-state index in [-0.39, 0.29) is 25.2 Å². The molecule has 1 unspecified atom stereocenters. The first-order chi connectivity index (χ1) is 17.0. The number of carbonyl (C=O) groups is 2. The van der Waals surface area contributed by atoms with E-state index in [0.717, 1.165) is 18.1 Å². The maximum absolute atomic E-state index is 11.6. The molecule has 0 aliphatic rings. The van der Waals surface area contributed by atoms with Gasteiger partial charge < -0.3 is 32.7 Å². The Hall–Kier alpha value is -1.13. The molecule has 0 fully saturated rings. The van der Waals surface area contributed by atoms with E-state index in [1.165, 1.54) is 0 Å². The zero-order chi connectivity index (χ0) is 28.7. The summed E-state index contributed by atoms with van der Waals surface area (Å²) in [5, 5.41) is 18.4. The minimum atomic E-state index is -2.62. The Morgan fingerprint density at radius 3 is 1.54 bits per heavy atom. The number of ether oxygens (including phenoxy) is 3. The second kappa shape index (κ2) is 17.5. The van der Waals surface area contributed by atoms with Crippen LogP contribution in [0.3, 0.4) is 0 Å². The van der Waals surface area contributed by atoms with Gasteiger partial charge in [0.2, 0.25) is 0 Å². The van der Waals surface area contributed by atoms with E-state index in [1.807, 2.05) is 0 Å². The average Bonchev–Trinajstić information content (AvgIpc) is 2.77. The zero-order valence-electron chi connectivity index (χ0n) is 24.0. The Morgan fingerprint density at radius 2 is 1.16 bits per heavy atom. The quantitative estimate of drug-likeness (QED) is 0.0889. The van der Waals surface area contributed by atoms with Crippen molar-refractivity contribution >= 4 is 37.1 Å². The summed E-state index contributed by atoms with van der Waals surface area (Å²) < 4.78 is 29.6. The molecule has 216 valence electrons. The molecule has 12 heteroatoms. The van der Waals surface area contributed by atoms with Crippen molar-refractivity contribution in [2.45, 2.75) is 90.1 Å². The van der Waals surface area contributed by atoms with Crippen LogP contribution in [0.1, 0.15) is 33.1 Å². The Kier molecular flexibility index (Phi) is 16.9. The summed E-state index contributed by atoms with van der Waals surface area (Å²) in [6.07, 6.45) is 1.24. The summed E-state index contributed by atoms with van der Waals surface area (Å²) in [6.45, 7) is 22.0. The van der Waals surface area contributed by atoms with Crippen molar-refractivity contribution in [1.29, 1.82) is 0 Å². The molecule has 0 radical (unpaired) electrons. The number of carbonyl (C=O) groups excluding carboxylic acids is 2. The SMILES string of the molecule is C=C(C)C(=O)OCCC[Si](C)(C)O[Si](C)(CCCOCC(O)CO)O[Si](C)(C)CCCOC(=O)C(=C)C. The second-order valence-electron chi connectivity index (χ2n) is 10.9. The van der Waals surface area contributed by atoms with Crippen LogP contribution in [0, 0.1) is 0 Å². The molecule has 0 amide bonds. The summed E-state index contributed by atoms with van der Waals surface area (Å²) in [6, 6.07) is 2.37. The molecule has 0 bridgehead atoms.